The standard InChI is InChI=1S/C48H78O20/c1-20-10-13-48(42(61)68-41-36(33(58)30(55)25(19-51)65-41)66-39-34(59)31(56)28(53)23(17-49)63-39)15-14-45(5)21(37(48)47(20,7)62)8-9-27-44(4)16-22(52)38(43(2,3)26(44)11-12-46(27,45)6)67-40-35(60)32(57)29(54)24(18-50)64-40/h8,20,22-41,49-60,62H,9-19H2,1-7H3/t20-,22-,23-,24-,25-,26+,27-,28-,29-,30-,31+,32+,33+,34-,35-,36-,37-,38+,39+,40+,41+,44+,45-,46-,47-,48+/m1/s1. The van der Waals surface area contributed by atoms with E-state index in [0.29, 0.717) is 32.1 Å². The molecule has 0 aromatic rings. The van der Waals surface area contributed by atoms with Crippen molar-refractivity contribution in [2.45, 2.75) is 210 Å². The number of esters is 1. The zero-order valence-corrected chi connectivity index (χ0v) is 40.2. The summed E-state index contributed by atoms with van der Waals surface area (Å²) in [6.45, 7) is 12.3. The molecule has 0 unspecified atom stereocenters. The Labute approximate surface area is 396 Å². The molecule has 3 aliphatic heterocycles. The summed E-state index contributed by atoms with van der Waals surface area (Å²) in [4.78, 5) is 15.3. The predicted molar refractivity (Wildman–Crippen MR) is 233 cm³/mol. The van der Waals surface area contributed by atoms with Crippen molar-refractivity contribution in [1.29, 1.82) is 0 Å². The van der Waals surface area contributed by atoms with Gasteiger partial charge in [0.05, 0.1) is 43.0 Å². The number of ether oxygens (including phenoxy) is 6. The molecule has 0 spiro atoms. The summed E-state index contributed by atoms with van der Waals surface area (Å²) in [5, 5.41) is 140. The smallest absolute Gasteiger partial charge is 0.315 e. The van der Waals surface area contributed by atoms with Crippen LogP contribution in [-0.4, -0.2) is 202 Å². The third-order valence-corrected chi connectivity index (χ3v) is 19.7. The molecule has 7 fully saturated rings. The minimum absolute atomic E-state index is 0.00865. The summed E-state index contributed by atoms with van der Waals surface area (Å²) < 4.78 is 35.6. The van der Waals surface area contributed by atoms with Gasteiger partial charge in [-0.25, -0.2) is 0 Å². The van der Waals surface area contributed by atoms with Crippen LogP contribution < -0.4 is 0 Å². The summed E-state index contributed by atoms with van der Waals surface area (Å²) in [5.74, 6) is -1.79. The van der Waals surface area contributed by atoms with Crippen LogP contribution in [0.5, 0.6) is 0 Å². The molecule has 390 valence electrons. The number of carbonyl (C=O) groups excluding carboxylic acids is 1. The molecular formula is C48H78O20. The third kappa shape index (κ3) is 7.81. The van der Waals surface area contributed by atoms with Crippen molar-refractivity contribution in [3.8, 4) is 0 Å². The van der Waals surface area contributed by atoms with Gasteiger partial charge in [0.2, 0.25) is 6.29 Å². The number of aliphatic hydroxyl groups is 13. The molecule has 0 aromatic heterocycles. The van der Waals surface area contributed by atoms with Crippen LogP contribution in [0.2, 0.25) is 0 Å². The van der Waals surface area contributed by atoms with E-state index in [9.17, 15) is 66.4 Å². The molecule has 20 heteroatoms. The van der Waals surface area contributed by atoms with Crippen molar-refractivity contribution in [3.05, 3.63) is 11.6 Å². The number of allylic oxidation sites excluding steroid dienone is 1. The highest BCUT2D eigenvalue weighted by Crippen LogP contribution is 2.76. The molecule has 5 aliphatic carbocycles. The third-order valence-electron chi connectivity index (χ3n) is 19.7. The normalized spacial score (nSPS) is 55.7. The van der Waals surface area contributed by atoms with Gasteiger partial charge in [0, 0.05) is 5.92 Å². The summed E-state index contributed by atoms with van der Waals surface area (Å²) in [7, 11) is 0. The van der Waals surface area contributed by atoms with Crippen LogP contribution in [0.1, 0.15) is 99.8 Å². The lowest BCUT2D eigenvalue weighted by Crippen LogP contribution is -2.70. The molecule has 0 radical (unpaired) electrons. The zero-order chi connectivity index (χ0) is 50.0. The molecule has 26 atom stereocenters. The molecule has 0 amide bonds. The second kappa shape index (κ2) is 18.5. The number of hydrogen-bond acceptors (Lipinski definition) is 20. The molecular weight excluding hydrogens is 897 g/mol. The second-order valence-corrected chi connectivity index (χ2v) is 23.3. The fraction of sp³-hybridized carbons (Fsp3) is 0.938. The van der Waals surface area contributed by atoms with Crippen LogP contribution in [0.15, 0.2) is 11.6 Å². The van der Waals surface area contributed by atoms with E-state index in [4.69, 9.17) is 28.4 Å². The van der Waals surface area contributed by atoms with Crippen molar-refractivity contribution in [2.24, 2.45) is 50.7 Å². The quantitative estimate of drug-likeness (QED) is 0.0681. The number of carbonyl (C=O) groups is 1. The molecule has 3 saturated heterocycles. The highest BCUT2D eigenvalue weighted by Gasteiger charge is 2.73. The SMILES string of the molecule is C[C@@H]1CC[C@]2(C(=O)O[C@@H]3O[C@H](CO)[C@@H](O)[C@H](O)[C@H]3O[C@@H]3O[C@H](CO)[C@@H](O)[C@H](O)[C@H]3O)CC[C@]3(C)C(=CC[C@@H]4[C@@]5(C)C[C@@H](O)[C@H](O[C@@H]6O[C@H](CO)[C@@H](O)[C@H](O)[C@H]6O)C(C)(C)[C@@H]5CC[C@]43C)[C@@H]2[C@]1(C)O. The Kier molecular flexibility index (Phi) is 14.3. The van der Waals surface area contributed by atoms with Crippen LogP contribution in [0.25, 0.3) is 0 Å². The van der Waals surface area contributed by atoms with Gasteiger partial charge in [0.25, 0.3) is 0 Å². The molecule has 13 N–H and O–H groups in total. The number of rotatable bonds is 9. The summed E-state index contributed by atoms with van der Waals surface area (Å²) in [6, 6.07) is 0. The molecule has 4 saturated carbocycles. The van der Waals surface area contributed by atoms with Crippen LogP contribution in [0.3, 0.4) is 0 Å². The lowest BCUT2D eigenvalue weighted by atomic mass is 9.33. The molecule has 0 bridgehead atoms. The second-order valence-electron chi connectivity index (χ2n) is 23.3. The van der Waals surface area contributed by atoms with E-state index < -0.39 is 169 Å². The molecule has 20 nitrogen and oxygen atoms in total. The van der Waals surface area contributed by atoms with E-state index in [1.165, 1.54) is 0 Å². The molecule has 3 heterocycles. The van der Waals surface area contributed by atoms with Gasteiger partial charge in [-0.3, -0.25) is 4.79 Å². The molecule has 8 aliphatic rings. The van der Waals surface area contributed by atoms with Crippen molar-refractivity contribution >= 4 is 5.97 Å². The first-order valence-corrected chi connectivity index (χ1v) is 24.6. The Balaban J connectivity index is 1.09. The van der Waals surface area contributed by atoms with Gasteiger partial charge in [-0.15, -0.1) is 0 Å². The summed E-state index contributed by atoms with van der Waals surface area (Å²) in [6.07, 6.45) is -20.6. The van der Waals surface area contributed by atoms with E-state index in [1.54, 1.807) is 6.92 Å². The average Bonchev–Trinajstić information content (AvgIpc) is 3.28. The summed E-state index contributed by atoms with van der Waals surface area (Å²) >= 11 is 0. The van der Waals surface area contributed by atoms with Crippen molar-refractivity contribution in [1.82, 2.24) is 0 Å². The summed E-state index contributed by atoms with van der Waals surface area (Å²) in [5.41, 5.74) is -3.99. The van der Waals surface area contributed by atoms with Gasteiger partial charge in [0.15, 0.2) is 18.7 Å². The number of aliphatic hydroxyl groups excluding tert-OH is 12. The van der Waals surface area contributed by atoms with Crippen LogP contribution in [0, 0.1) is 50.7 Å². The average molecular weight is 975 g/mol. The van der Waals surface area contributed by atoms with Crippen LogP contribution in [-0.2, 0) is 33.2 Å². The van der Waals surface area contributed by atoms with Gasteiger partial charge in [-0.2, -0.15) is 0 Å². The highest BCUT2D eigenvalue weighted by atomic mass is 16.8. The first kappa shape index (κ1) is 52.8. The molecule has 68 heavy (non-hydrogen) atoms. The maximum absolute atomic E-state index is 15.3. The molecule has 8 rings (SSSR count). The Morgan fingerprint density at radius 3 is 1.74 bits per heavy atom. The zero-order valence-electron chi connectivity index (χ0n) is 40.2. The van der Waals surface area contributed by atoms with Crippen LogP contribution in [0.4, 0.5) is 0 Å². The Bertz CT molecular complexity index is 1860. The fourth-order valence-corrected chi connectivity index (χ4v) is 15.4. The molecule has 0 aromatic carbocycles. The number of fused-ring (bicyclic) bond motifs is 7. The lowest BCUT2D eigenvalue weighted by Gasteiger charge is -2.72. The first-order valence-electron chi connectivity index (χ1n) is 24.6. The predicted octanol–water partition coefficient (Wildman–Crippen LogP) is -1.92. The van der Waals surface area contributed by atoms with Gasteiger partial charge in [-0.05, 0) is 97.7 Å². The monoisotopic (exact) mass is 975 g/mol. The Morgan fingerprint density at radius 1 is 0.647 bits per heavy atom. The highest BCUT2D eigenvalue weighted by molar-refractivity contribution is 5.79. The van der Waals surface area contributed by atoms with E-state index >= 15 is 4.79 Å². The maximum Gasteiger partial charge on any atom is 0.315 e. The topological polar surface area (TPSA) is 335 Å². The van der Waals surface area contributed by atoms with Crippen LogP contribution >= 0.6 is 0 Å². The van der Waals surface area contributed by atoms with E-state index in [1.807, 2.05) is 20.8 Å². The van der Waals surface area contributed by atoms with Gasteiger partial charge in [-0.1, -0.05) is 53.2 Å². The fourth-order valence-electron chi connectivity index (χ4n) is 15.4. The Hall–Kier alpha value is -1.51. The minimum Gasteiger partial charge on any atom is -0.432 e. The van der Waals surface area contributed by atoms with Gasteiger partial charge >= 0.3 is 5.97 Å². The number of hydrogen-bond donors (Lipinski definition) is 13. The van der Waals surface area contributed by atoms with Crippen molar-refractivity contribution in [2.75, 3.05) is 19.8 Å². The Morgan fingerprint density at radius 2 is 1.18 bits per heavy atom. The lowest BCUT2D eigenvalue weighted by molar-refractivity contribution is -0.364. The first-order chi connectivity index (χ1) is 31.7. The van der Waals surface area contributed by atoms with E-state index in [0.717, 1.165) is 18.4 Å². The van der Waals surface area contributed by atoms with Gasteiger partial charge < -0.3 is 94.8 Å². The van der Waals surface area contributed by atoms with E-state index in [2.05, 4.69) is 26.8 Å². The van der Waals surface area contributed by atoms with Crippen molar-refractivity contribution < 1.29 is 99.6 Å². The van der Waals surface area contributed by atoms with Gasteiger partial charge in [0.1, 0.15) is 67.1 Å². The maximum atomic E-state index is 15.3. The van der Waals surface area contributed by atoms with Crippen molar-refractivity contribution in [3.63, 3.8) is 0 Å². The van der Waals surface area contributed by atoms with E-state index in [-0.39, 0.29) is 24.2 Å². The largest absolute Gasteiger partial charge is 0.432 e. The minimum atomic E-state index is -1.91.